The average molecular weight is 564 g/mol. The minimum Gasteiger partial charge on any atom is -0.382 e. The number of aromatic nitrogens is 3. The van der Waals surface area contributed by atoms with Crippen LogP contribution in [0.4, 0.5) is 5.82 Å². The van der Waals surface area contributed by atoms with E-state index in [9.17, 15) is 14.4 Å². The summed E-state index contributed by atoms with van der Waals surface area (Å²) in [4.78, 5) is 48.7. The Balaban J connectivity index is 1.38. The predicted octanol–water partition coefficient (Wildman–Crippen LogP) is 3.11. The van der Waals surface area contributed by atoms with Gasteiger partial charge in [-0.05, 0) is 50.0 Å². The van der Waals surface area contributed by atoms with E-state index in [2.05, 4.69) is 4.90 Å². The molecule has 1 amide bonds. The number of hydrogen-bond donors (Lipinski definition) is 0. The van der Waals surface area contributed by atoms with Crippen molar-refractivity contribution in [1.29, 1.82) is 0 Å². The fraction of sp³-hybridized carbons (Fsp3) is 0.393. The molecule has 2 fully saturated rings. The normalized spacial score (nSPS) is 21.7. The summed E-state index contributed by atoms with van der Waals surface area (Å²) in [5.41, 5.74) is 1.74. The molecule has 6 rings (SSSR count). The summed E-state index contributed by atoms with van der Waals surface area (Å²) >= 11 is 6.72. The summed E-state index contributed by atoms with van der Waals surface area (Å²) in [6, 6.07) is 10.9. The van der Waals surface area contributed by atoms with Gasteiger partial charge in [-0.2, -0.15) is 0 Å². The highest BCUT2D eigenvalue weighted by Crippen LogP contribution is 2.38. The van der Waals surface area contributed by atoms with Crippen molar-refractivity contribution in [2.24, 2.45) is 5.92 Å². The summed E-state index contributed by atoms with van der Waals surface area (Å²) in [5.74, 6) is 0.769. The quantitative estimate of drug-likeness (QED) is 0.246. The molecule has 2 atom stereocenters. The third-order valence-corrected chi connectivity index (χ3v) is 8.93. The van der Waals surface area contributed by atoms with E-state index in [-0.39, 0.29) is 28.9 Å². The second-order valence-corrected chi connectivity index (χ2v) is 11.7. The highest BCUT2D eigenvalue weighted by Gasteiger charge is 2.37. The number of fused-ring (bicyclic) bond motifs is 5. The van der Waals surface area contributed by atoms with Crippen molar-refractivity contribution in [3.05, 3.63) is 79.5 Å². The maximum atomic E-state index is 13.8. The van der Waals surface area contributed by atoms with E-state index in [0.717, 1.165) is 12.1 Å². The number of thiocarbonyl (C=S) groups is 1. The van der Waals surface area contributed by atoms with Crippen LogP contribution in [0.1, 0.15) is 36.9 Å². The third-order valence-electron chi connectivity index (χ3n) is 7.55. The van der Waals surface area contributed by atoms with Crippen LogP contribution < -0.4 is 16.0 Å². The van der Waals surface area contributed by atoms with Crippen LogP contribution in [0.15, 0.2) is 57.1 Å². The molecule has 6 heterocycles. The van der Waals surface area contributed by atoms with E-state index in [4.69, 9.17) is 21.9 Å². The van der Waals surface area contributed by atoms with E-state index in [1.54, 1.807) is 29.3 Å². The summed E-state index contributed by atoms with van der Waals surface area (Å²) in [5, 5.41) is 0. The first kappa shape index (κ1) is 26.0. The number of carbonyl (C=O) groups is 1. The van der Waals surface area contributed by atoms with Crippen molar-refractivity contribution < 1.29 is 9.53 Å². The van der Waals surface area contributed by atoms with Gasteiger partial charge in [-0.25, -0.2) is 4.98 Å². The van der Waals surface area contributed by atoms with Gasteiger partial charge in [-0.15, -0.1) is 0 Å². The maximum absolute atomic E-state index is 13.8. The lowest BCUT2D eigenvalue weighted by Gasteiger charge is -2.43. The zero-order chi connectivity index (χ0) is 27.1. The van der Waals surface area contributed by atoms with Crippen molar-refractivity contribution in [1.82, 2.24) is 18.9 Å². The van der Waals surface area contributed by atoms with Crippen molar-refractivity contribution >= 4 is 51.7 Å². The molecule has 0 saturated carbocycles. The van der Waals surface area contributed by atoms with Gasteiger partial charge in [0, 0.05) is 63.3 Å². The number of anilines is 1. The Bertz CT molecular complexity index is 1610. The number of rotatable bonds is 7. The van der Waals surface area contributed by atoms with Crippen LogP contribution >= 0.6 is 24.0 Å². The Morgan fingerprint density at radius 3 is 2.85 bits per heavy atom. The summed E-state index contributed by atoms with van der Waals surface area (Å²) < 4.78 is 9.28. The SMILES string of the molecule is CCOCCCN1C(=O)/C(=C/c2c(N3C[C@@H]4C[C@H](C3)c3cccc(=O)n3C4)nc3ccccn3c2=O)SC1=S. The lowest BCUT2D eigenvalue weighted by atomic mass is 9.83. The monoisotopic (exact) mass is 563 g/mol. The van der Waals surface area contributed by atoms with Gasteiger partial charge < -0.3 is 14.2 Å². The smallest absolute Gasteiger partial charge is 0.267 e. The zero-order valence-electron chi connectivity index (χ0n) is 21.6. The van der Waals surface area contributed by atoms with Gasteiger partial charge in [-0.1, -0.05) is 36.1 Å². The van der Waals surface area contributed by atoms with E-state index < -0.39 is 0 Å². The van der Waals surface area contributed by atoms with Crippen molar-refractivity contribution in [3.8, 4) is 0 Å². The van der Waals surface area contributed by atoms with Gasteiger partial charge in [0.15, 0.2) is 0 Å². The molecule has 0 spiro atoms. The first-order chi connectivity index (χ1) is 18.9. The summed E-state index contributed by atoms with van der Waals surface area (Å²) in [7, 11) is 0. The molecule has 0 N–H and O–H groups in total. The molecular formula is C28H29N5O4S2. The van der Waals surface area contributed by atoms with Gasteiger partial charge in [0.2, 0.25) is 0 Å². The van der Waals surface area contributed by atoms with Crippen LogP contribution in [0.25, 0.3) is 11.7 Å². The lowest BCUT2D eigenvalue weighted by Crippen LogP contribution is -2.48. The van der Waals surface area contributed by atoms with E-state index in [1.807, 2.05) is 35.8 Å². The fourth-order valence-corrected chi connectivity index (χ4v) is 7.11. The number of piperidine rings is 1. The number of hydrogen-bond acceptors (Lipinski definition) is 8. The summed E-state index contributed by atoms with van der Waals surface area (Å²) in [6.45, 7) is 5.53. The minimum absolute atomic E-state index is 0.0293. The second-order valence-electron chi connectivity index (χ2n) is 10.1. The average Bonchev–Trinajstić information content (AvgIpc) is 3.20. The number of thioether (sulfide) groups is 1. The maximum Gasteiger partial charge on any atom is 0.267 e. The first-order valence-electron chi connectivity index (χ1n) is 13.2. The molecule has 0 aliphatic carbocycles. The fourth-order valence-electron chi connectivity index (χ4n) is 5.82. The number of ether oxygens (including phenoxy) is 1. The Morgan fingerprint density at radius 1 is 1.13 bits per heavy atom. The van der Waals surface area contributed by atoms with Crippen LogP contribution in [0.2, 0.25) is 0 Å². The molecule has 39 heavy (non-hydrogen) atoms. The molecule has 11 heteroatoms. The molecule has 3 aromatic heterocycles. The van der Waals surface area contributed by atoms with E-state index >= 15 is 0 Å². The van der Waals surface area contributed by atoms with E-state index in [0.29, 0.717) is 72.1 Å². The molecule has 3 aliphatic heterocycles. The van der Waals surface area contributed by atoms with Gasteiger partial charge in [0.1, 0.15) is 15.8 Å². The van der Waals surface area contributed by atoms with Gasteiger partial charge in [-0.3, -0.25) is 23.7 Å². The van der Waals surface area contributed by atoms with Gasteiger partial charge >= 0.3 is 0 Å². The molecule has 2 bridgehead atoms. The Hall–Kier alpha value is -3.28. The molecule has 0 radical (unpaired) electrons. The number of nitrogens with zero attached hydrogens (tertiary/aromatic N) is 5. The Labute approximate surface area is 235 Å². The Morgan fingerprint density at radius 2 is 2.00 bits per heavy atom. The van der Waals surface area contributed by atoms with Crippen LogP contribution in [-0.2, 0) is 16.1 Å². The number of carbonyl (C=O) groups excluding carboxylic acids is 1. The summed E-state index contributed by atoms with van der Waals surface area (Å²) in [6.07, 6.45) is 5.02. The van der Waals surface area contributed by atoms with Crippen LogP contribution in [0, 0.1) is 5.92 Å². The lowest BCUT2D eigenvalue weighted by molar-refractivity contribution is -0.122. The Kier molecular flexibility index (Phi) is 7.13. The molecule has 0 aromatic carbocycles. The molecule has 2 saturated heterocycles. The standard InChI is InChI=1S/C28H29N5O4S2/c1-2-37-12-6-11-32-27(36)22(39-28(32)38)14-20-25(29-23-8-3-4-10-31(23)26(20)35)30-15-18-13-19(17-30)21-7-5-9-24(34)33(21)16-18/h3-5,7-10,14,18-19H,2,6,11-13,15-17H2,1H3/b22-14-/t18-,19+/m0/s1. The highest BCUT2D eigenvalue weighted by atomic mass is 32.2. The van der Waals surface area contributed by atoms with Crippen molar-refractivity contribution in [2.75, 3.05) is 37.7 Å². The minimum atomic E-state index is -0.232. The van der Waals surface area contributed by atoms with Crippen LogP contribution in [-0.4, -0.2) is 61.9 Å². The topological polar surface area (TPSA) is 89.2 Å². The second kappa shape index (κ2) is 10.7. The van der Waals surface area contributed by atoms with Crippen molar-refractivity contribution in [3.63, 3.8) is 0 Å². The molecule has 0 unspecified atom stereocenters. The highest BCUT2D eigenvalue weighted by molar-refractivity contribution is 8.26. The molecule has 202 valence electrons. The third kappa shape index (κ3) is 4.83. The number of pyridine rings is 2. The largest absolute Gasteiger partial charge is 0.382 e. The first-order valence-corrected chi connectivity index (χ1v) is 14.5. The van der Waals surface area contributed by atoms with Crippen LogP contribution in [0.5, 0.6) is 0 Å². The van der Waals surface area contributed by atoms with Crippen LogP contribution in [0.3, 0.4) is 0 Å². The van der Waals surface area contributed by atoms with Gasteiger partial charge in [0.05, 0.1) is 10.5 Å². The molecule has 9 nitrogen and oxygen atoms in total. The van der Waals surface area contributed by atoms with Crippen molar-refractivity contribution in [2.45, 2.75) is 32.2 Å². The molecule has 3 aromatic rings. The zero-order valence-corrected chi connectivity index (χ0v) is 23.2. The molecule has 3 aliphatic rings. The van der Waals surface area contributed by atoms with E-state index in [1.165, 1.54) is 16.2 Å². The predicted molar refractivity (Wildman–Crippen MR) is 156 cm³/mol. The molecular weight excluding hydrogens is 534 g/mol. The number of amides is 1. The van der Waals surface area contributed by atoms with Gasteiger partial charge in [0.25, 0.3) is 17.0 Å².